The fourth-order valence-electron chi connectivity index (χ4n) is 0.867. The second kappa shape index (κ2) is 5.09. The molecule has 0 aliphatic carbocycles. The number of aliphatic carboxylic acids is 1. The Morgan fingerprint density at radius 1 is 1.64 bits per heavy atom. The van der Waals surface area contributed by atoms with Crippen molar-refractivity contribution in [2.24, 2.45) is 11.7 Å². The van der Waals surface area contributed by atoms with Crippen molar-refractivity contribution in [2.75, 3.05) is 6.54 Å². The molecule has 0 aromatic heterocycles. The highest BCUT2D eigenvalue weighted by atomic mass is 16.4. The molecular formula is C7H15NO3. The number of aliphatic hydroxyl groups excluding tert-OH is 1. The zero-order valence-electron chi connectivity index (χ0n) is 6.66. The number of carboxylic acids is 1. The Bertz CT molecular complexity index is 127. The van der Waals surface area contributed by atoms with Gasteiger partial charge in [-0.25, -0.2) is 0 Å². The summed E-state index contributed by atoms with van der Waals surface area (Å²) in [4.78, 5) is 10.4. The predicted octanol–water partition coefficient (Wildman–Crippen LogP) is -0.193. The van der Waals surface area contributed by atoms with Gasteiger partial charge in [0.1, 0.15) is 0 Å². The molecule has 0 saturated carbocycles. The van der Waals surface area contributed by atoms with E-state index in [1.54, 1.807) is 6.92 Å². The van der Waals surface area contributed by atoms with Crippen LogP contribution in [0.25, 0.3) is 0 Å². The summed E-state index contributed by atoms with van der Waals surface area (Å²) in [5.41, 5.74) is 5.13. The minimum Gasteiger partial charge on any atom is -0.481 e. The minimum atomic E-state index is -0.861. The summed E-state index contributed by atoms with van der Waals surface area (Å²) in [6.45, 7) is 1.91. The van der Waals surface area contributed by atoms with E-state index >= 15 is 0 Å². The van der Waals surface area contributed by atoms with Gasteiger partial charge in [0.15, 0.2) is 0 Å². The maximum Gasteiger partial charge on any atom is 0.306 e. The van der Waals surface area contributed by atoms with Crippen LogP contribution in [-0.4, -0.2) is 28.8 Å². The van der Waals surface area contributed by atoms with Crippen LogP contribution in [0, 0.1) is 5.92 Å². The van der Waals surface area contributed by atoms with E-state index in [1.807, 2.05) is 0 Å². The largest absolute Gasteiger partial charge is 0.481 e. The molecule has 0 fully saturated rings. The second-order valence-electron chi connectivity index (χ2n) is 2.57. The molecule has 4 N–H and O–H groups in total. The van der Waals surface area contributed by atoms with Crippen LogP contribution in [0.4, 0.5) is 0 Å². The lowest BCUT2D eigenvalue weighted by Gasteiger charge is -2.12. The molecule has 4 nitrogen and oxygen atoms in total. The van der Waals surface area contributed by atoms with Crippen molar-refractivity contribution in [3.63, 3.8) is 0 Å². The van der Waals surface area contributed by atoms with E-state index in [-0.39, 0.29) is 13.0 Å². The number of rotatable bonds is 5. The van der Waals surface area contributed by atoms with E-state index in [9.17, 15) is 4.79 Å². The Kier molecular flexibility index (Phi) is 4.81. The van der Waals surface area contributed by atoms with Crippen LogP contribution >= 0.6 is 0 Å². The third kappa shape index (κ3) is 3.95. The third-order valence-electron chi connectivity index (χ3n) is 1.67. The first-order chi connectivity index (χ1) is 5.11. The summed E-state index contributed by atoms with van der Waals surface area (Å²) < 4.78 is 0. The Morgan fingerprint density at radius 3 is 2.45 bits per heavy atom. The van der Waals surface area contributed by atoms with Crippen LogP contribution in [0.2, 0.25) is 0 Å². The lowest BCUT2D eigenvalue weighted by atomic mass is 9.99. The average Bonchev–Trinajstić information content (AvgIpc) is 1.99. The smallest absolute Gasteiger partial charge is 0.306 e. The molecule has 0 aromatic carbocycles. The summed E-state index contributed by atoms with van der Waals surface area (Å²) in [7, 11) is 0. The first kappa shape index (κ1) is 10.4. The molecule has 0 bridgehead atoms. The number of hydrogen-bond donors (Lipinski definition) is 3. The maximum atomic E-state index is 10.4. The van der Waals surface area contributed by atoms with Crippen LogP contribution in [0.1, 0.15) is 19.8 Å². The monoisotopic (exact) mass is 161 g/mol. The number of carboxylic acid groups (broad SMARTS) is 1. The van der Waals surface area contributed by atoms with Gasteiger partial charge >= 0.3 is 5.97 Å². The maximum absolute atomic E-state index is 10.4. The van der Waals surface area contributed by atoms with Gasteiger partial charge in [-0.3, -0.25) is 4.79 Å². The molecular weight excluding hydrogens is 146 g/mol. The van der Waals surface area contributed by atoms with E-state index in [4.69, 9.17) is 15.9 Å². The van der Waals surface area contributed by atoms with E-state index < -0.39 is 18.0 Å². The second-order valence-corrected chi connectivity index (χ2v) is 2.57. The number of hydrogen-bond acceptors (Lipinski definition) is 3. The SMILES string of the molecule is CC[C@H](C[C@H](O)CN)C(=O)O. The third-order valence-corrected chi connectivity index (χ3v) is 1.67. The van der Waals surface area contributed by atoms with Crippen molar-refractivity contribution in [2.45, 2.75) is 25.9 Å². The van der Waals surface area contributed by atoms with Crippen molar-refractivity contribution in [3.8, 4) is 0 Å². The highest BCUT2D eigenvalue weighted by molar-refractivity contribution is 5.69. The Morgan fingerprint density at radius 2 is 2.18 bits per heavy atom. The molecule has 0 saturated heterocycles. The van der Waals surface area contributed by atoms with E-state index in [2.05, 4.69) is 0 Å². The van der Waals surface area contributed by atoms with Crippen LogP contribution in [0.15, 0.2) is 0 Å². The average molecular weight is 161 g/mol. The van der Waals surface area contributed by atoms with E-state index in [1.165, 1.54) is 0 Å². The van der Waals surface area contributed by atoms with Gasteiger partial charge in [0, 0.05) is 6.54 Å². The van der Waals surface area contributed by atoms with Crippen LogP contribution in [-0.2, 0) is 4.79 Å². The van der Waals surface area contributed by atoms with E-state index in [0.717, 1.165) is 0 Å². The van der Waals surface area contributed by atoms with Crippen molar-refractivity contribution >= 4 is 5.97 Å². The number of aliphatic hydroxyl groups is 1. The standard InChI is InChI=1S/C7H15NO3/c1-2-5(7(10)11)3-6(9)4-8/h5-6,9H,2-4,8H2,1H3,(H,10,11)/t5-,6+/m1/s1. The normalized spacial score (nSPS) is 15.9. The summed E-state index contributed by atoms with van der Waals surface area (Å²) in [6.07, 6.45) is 0.102. The zero-order valence-corrected chi connectivity index (χ0v) is 6.66. The molecule has 0 aromatic rings. The van der Waals surface area contributed by atoms with Crippen molar-refractivity contribution in [1.82, 2.24) is 0 Å². The number of nitrogens with two attached hydrogens (primary N) is 1. The van der Waals surface area contributed by atoms with E-state index in [0.29, 0.717) is 6.42 Å². The van der Waals surface area contributed by atoms with Crippen LogP contribution in [0.5, 0.6) is 0 Å². The molecule has 0 unspecified atom stereocenters. The fraction of sp³-hybridized carbons (Fsp3) is 0.857. The van der Waals surface area contributed by atoms with Gasteiger partial charge in [-0.15, -0.1) is 0 Å². The first-order valence-electron chi connectivity index (χ1n) is 3.72. The summed E-state index contributed by atoms with van der Waals surface area (Å²) >= 11 is 0. The molecule has 0 aliphatic rings. The number of carbonyl (C=O) groups is 1. The van der Waals surface area contributed by atoms with Crippen molar-refractivity contribution < 1.29 is 15.0 Å². The molecule has 4 heteroatoms. The topological polar surface area (TPSA) is 83.5 Å². The summed E-state index contributed by atoms with van der Waals surface area (Å²) in [6, 6.07) is 0. The lowest BCUT2D eigenvalue weighted by Crippen LogP contribution is -2.26. The lowest BCUT2D eigenvalue weighted by molar-refractivity contribution is -0.142. The molecule has 66 valence electrons. The summed E-state index contributed by atoms with van der Waals surface area (Å²) in [5.74, 6) is -1.33. The Balaban J connectivity index is 3.77. The Hall–Kier alpha value is -0.610. The molecule has 0 amide bonds. The van der Waals surface area contributed by atoms with Gasteiger partial charge in [0.2, 0.25) is 0 Å². The zero-order chi connectivity index (χ0) is 8.85. The molecule has 11 heavy (non-hydrogen) atoms. The van der Waals surface area contributed by atoms with Gasteiger partial charge < -0.3 is 15.9 Å². The minimum absolute atomic E-state index is 0.129. The van der Waals surface area contributed by atoms with Gasteiger partial charge in [0.25, 0.3) is 0 Å². The molecule has 0 radical (unpaired) electrons. The molecule has 0 heterocycles. The van der Waals surface area contributed by atoms with Crippen LogP contribution in [0.3, 0.4) is 0 Å². The van der Waals surface area contributed by atoms with Crippen molar-refractivity contribution in [3.05, 3.63) is 0 Å². The molecule has 0 spiro atoms. The highest BCUT2D eigenvalue weighted by Crippen LogP contribution is 2.10. The molecule has 0 aliphatic heterocycles. The van der Waals surface area contributed by atoms with Crippen molar-refractivity contribution in [1.29, 1.82) is 0 Å². The quantitative estimate of drug-likeness (QED) is 0.521. The van der Waals surface area contributed by atoms with Gasteiger partial charge in [0.05, 0.1) is 12.0 Å². The molecule has 0 rings (SSSR count). The first-order valence-corrected chi connectivity index (χ1v) is 3.72. The predicted molar refractivity (Wildman–Crippen MR) is 41.1 cm³/mol. The Labute approximate surface area is 66.0 Å². The van der Waals surface area contributed by atoms with Crippen LogP contribution < -0.4 is 5.73 Å². The van der Waals surface area contributed by atoms with Gasteiger partial charge in [-0.2, -0.15) is 0 Å². The fourth-order valence-corrected chi connectivity index (χ4v) is 0.867. The van der Waals surface area contributed by atoms with Gasteiger partial charge in [-0.05, 0) is 12.8 Å². The van der Waals surface area contributed by atoms with Gasteiger partial charge in [-0.1, -0.05) is 6.92 Å². The highest BCUT2D eigenvalue weighted by Gasteiger charge is 2.18. The molecule has 2 atom stereocenters. The summed E-state index contributed by atoms with van der Waals surface area (Å²) in [5, 5.41) is 17.6.